The van der Waals surface area contributed by atoms with Crippen molar-refractivity contribution < 1.29 is 105 Å². The number of carbonyl (C=O) groups excluding carboxylic acids is 1. The molecule has 0 saturated carbocycles. The van der Waals surface area contributed by atoms with Gasteiger partial charge in [0.05, 0.1) is 26.4 Å². The third kappa shape index (κ3) is 8.87. The van der Waals surface area contributed by atoms with Crippen LogP contribution in [0.15, 0.2) is 0 Å². The summed E-state index contributed by atoms with van der Waals surface area (Å²) < 4.78 is 31.9. The summed E-state index contributed by atoms with van der Waals surface area (Å²) in [5.74, 6) is 0. The molecule has 264 valence electrons. The van der Waals surface area contributed by atoms with Crippen molar-refractivity contribution >= 4 is 6.29 Å². The van der Waals surface area contributed by atoms with Crippen molar-refractivity contribution in [2.75, 3.05) is 26.4 Å². The van der Waals surface area contributed by atoms with Crippen LogP contribution in [0.1, 0.15) is 0 Å². The van der Waals surface area contributed by atoms with Crippen molar-refractivity contribution in [2.24, 2.45) is 0 Å². The fourth-order valence-corrected chi connectivity index (χ4v) is 4.77. The molecule has 0 aromatic carbocycles. The lowest BCUT2D eigenvalue weighted by Gasteiger charge is -2.44. The minimum atomic E-state index is -2.09. The van der Waals surface area contributed by atoms with E-state index in [0.717, 1.165) is 0 Å². The third-order valence-electron chi connectivity index (χ3n) is 7.70. The first-order valence-corrected chi connectivity index (χ1v) is 13.9. The van der Waals surface area contributed by atoms with E-state index < -0.39 is 143 Å². The van der Waals surface area contributed by atoms with Gasteiger partial charge in [-0.25, -0.2) is 0 Å². The van der Waals surface area contributed by atoms with Gasteiger partial charge in [-0.05, 0) is 0 Å². The molecule has 3 fully saturated rings. The predicted octanol–water partition coefficient (Wildman–Crippen LogP) is -9.91. The van der Waals surface area contributed by atoms with Crippen LogP contribution in [-0.4, -0.2) is 221 Å². The Bertz CT molecular complexity index is 899. The van der Waals surface area contributed by atoms with Crippen LogP contribution in [0.3, 0.4) is 0 Å². The van der Waals surface area contributed by atoms with Crippen molar-refractivity contribution in [3.63, 3.8) is 0 Å². The fraction of sp³-hybridized carbons (Fsp3) is 0.958. The normalized spacial score (nSPS) is 45.4. The van der Waals surface area contributed by atoms with Crippen LogP contribution >= 0.6 is 0 Å². The molecule has 0 aliphatic carbocycles. The van der Waals surface area contributed by atoms with Gasteiger partial charge in [0, 0.05) is 0 Å². The minimum Gasteiger partial charge on any atom is -0.394 e. The van der Waals surface area contributed by atoms with Gasteiger partial charge in [-0.3, -0.25) is 0 Å². The molecule has 0 aromatic rings. The first-order chi connectivity index (χ1) is 21.1. The monoisotopic (exact) mass is 666 g/mol. The van der Waals surface area contributed by atoms with E-state index >= 15 is 0 Å². The Morgan fingerprint density at radius 1 is 0.533 bits per heavy atom. The molecule has 14 N–H and O–H groups in total. The number of rotatable bonds is 14. The van der Waals surface area contributed by atoms with Crippen LogP contribution in [0.2, 0.25) is 0 Å². The molecule has 0 aromatic heterocycles. The second-order valence-electron chi connectivity index (χ2n) is 10.9. The fourth-order valence-electron chi connectivity index (χ4n) is 4.77. The molecular weight excluding hydrogens is 624 g/mol. The molecule has 19 atom stereocenters. The number of ether oxygens (including phenoxy) is 6. The Morgan fingerprint density at radius 3 is 1.31 bits per heavy atom. The molecule has 3 heterocycles. The summed E-state index contributed by atoms with van der Waals surface area (Å²) >= 11 is 0. The second-order valence-corrected chi connectivity index (χ2v) is 10.9. The molecule has 0 spiro atoms. The molecule has 0 radical (unpaired) electrons. The highest BCUT2D eigenvalue weighted by Crippen LogP contribution is 2.28. The van der Waals surface area contributed by atoms with Crippen molar-refractivity contribution in [3.05, 3.63) is 0 Å². The zero-order valence-electron chi connectivity index (χ0n) is 23.5. The lowest BCUT2D eigenvalue weighted by molar-refractivity contribution is -0.343. The van der Waals surface area contributed by atoms with Crippen LogP contribution in [0.25, 0.3) is 0 Å². The van der Waals surface area contributed by atoms with E-state index in [2.05, 4.69) is 0 Å². The summed E-state index contributed by atoms with van der Waals surface area (Å²) in [6, 6.07) is 0. The second kappa shape index (κ2) is 16.8. The van der Waals surface area contributed by atoms with E-state index in [-0.39, 0.29) is 6.29 Å². The van der Waals surface area contributed by atoms with E-state index in [1.807, 2.05) is 0 Å². The van der Waals surface area contributed by atoms with Crippen LogP contribution in [0.4, 0.5) is 0 Å². The number of aldehydes is 1. The SMILES string of the molecule is O=CC(O)C(O)C(O)C(O)COC1OC(COC2OC(COC3OC(CO)C(O)C(O)C3O)C(O)C(O)C2O)C(O)C(O)C1O. The molecule has 3 aliphatic rings. The lowest BCUT2D eigenvalue weighted by atomic mass is 9.98. The van der Waals surface area contributed by atoms with Gasteiger partial charge in [0.2, 0.25) is 0 Å². The number of aliphatic hydroxyl groups excluding tert-OH is 14. The van der Waals surface area contributed by atoms with Gasteiger partial charge < -0.3 is 105 Å². The smallest absolute Gasteiger partial charge is 0.186 e. The van der Waals surface area contributed by atoms with Crippen molar-refractivity contribution in [2.45, 2.75) is 117 Å². The first-order valence-electron chi connectivity index (χ1n) is 13.9. The quantitative estimate of drug-likeness (QED) is 0.0765. The Balaban J connectivity index is 1.58. The largest absolute Gasteiger partial charge is 0.394 e. The maximum absolute atomic E-state index is 10.6. The Kier molecular flexibility index (Phi) is 14.3. The van der Waals surface area contributed by atoms with Gasteiger partial charge in [0.15, 0.2) is 25.2 Å². The standard InChI is InChI=1S/C24H42O21/c25-1-6(27)11(29)12(30)7(28)3-40-22-20(38)17(35)14(32)9(44-22)5-42-24-21(39)18(36)15(33)10(45-24)4-41-23-19(37)16(34)13(31)8(2-26)43-23/h1,6-24,26-39H,2-5H2. The van der Waals surface area contributed by atoms with E-state index in [1.165, 1.54) is 0 Å². The number of hydrogen-bond acceptors (Lipinski definition) is 21. The summed E-state index contributed by atoms with van der Waals surface area (Å²) in [7, 11) is 0. The maximum Gasteiger partial charge on any atom is 0.186 e. The first kappa shape index (κ1) is 38.3. The molecule has 21 nitrogen and oxygen atoms in total. The van der Waals surface area contributed by atoms with Gasteiger partial charge in [-0.2, -0.15) is 0 Å². The van der Waals surface area contributed by atoms with Gasteiger partial charge in [0.1, 0.15) is 97.7 Å². The third-order valence-corrected chi connectivity index (χ3v) is 7.70. The highest BCUT2D eigenvalue weighted by atomic mass is 16.7. The zero-order valence-corrected chi connectivity index (χ0v) is 23.5. The molecule has 3 aliphatic heterocycles. The lowest BCUT2D eigenvalue weighted by Crippen LogP contribution is -2.62. The molecule has 21 heteroatoms. The average molecular weight is 667 g/mol. The number of carbonyl (C=O) groups is 1. The Labute approximate surface area is 254 Å². The molecule has 0 amide bonds. The molecule has 3 saturated heterocycles. The summed E-state index contributed by atoms with van der Waals surface area (Å²) in [5.41, 5.74) is 0. The Hall–Kier alpha value is -1.13. The van der Waals surface area contributed by atoms with Crippen LogP contribution in [0.5, 0.6) is 0 Å². The van der Waals surface area contributed by atoms with Crippen LogP contribution in [-0.2, 0) is 33.2 Å². The molecular formula is C24H42O21. The summed E-state index contributed by atoms with van der Waals surface area (Å²) in [4.78, 5) is 10.6. The molecule has 19 unspecified atom stereocenters. The summed E-state index contributed by atoms with van der Waals surface area (Å²) in [6.45, 7) is -2.97. The van der Waals surface area contributed by atoms with Gasteiger partial charge >= 0.3 is 0 Å². The molecule has 0 bridgehead atoms. The average Bonchev–Trinajstić information content (AvgIpc) is 3.03. The van der Waals surface area contributed by atoms with Crippen LogP contribution in [0, 0.1) is 0 Å². The summed E-state index contributed by atoms with van der Waals surface area (Å²) in [5, 5.41) is 140. The van der Waals surface area contributed by atoms with Crippen molar-refractivity contribution in [1.29, 1.82) is 0 Å². The van der Waals surface area contributed by atoms with Crippen molar-refractivity contribution in [1.82, 2.24) is 0 Å². The maximum atomic E-state index is 10.6. The van der Waals surface area contributed by atoms with Gasteiger partial charge in [0.25, 0.3) is 0 Å². The van der Waals surface area contributed by atoms with Gasteiger partial charge in [-0.1, -0.05) is 0 Å². The highest BCUT2D eigenvalue weighted by Gasteiger charge is 2.49. The highest BCUT2D eigenvalue weighted by molar-refractivity contribution is 5.56. The zero-order chi connectivity index (χ0) is 33.7. The van der Waals surface area contributed by atoms with Crippen molar-refractivity contribution in [3.8, 4) is 0 Å². The Morgan fingerprint density at radius 2 is 0.911 bits per heavy atom. The topological polar surface area (TPSA) is 356 Å². The molecule has 45 heavy (non-hydrogen) atoms. The molecule has 3 rings (SSSR count). The number of hydrogen-bond donors (Lipinski definition) is 14. The van der Waals surface area contributed by atoms with E-state index in [0.29, 0.717) is 0 Å². The van der Waals surface area contributed by atoms with Gasteiger partial charge in [-0.15, -0.1) is 0 Å². The van der Waals surface area contributed by atoms with E-state index in [1.54, 1.807) is 0 Å². The predicted molar refractivity (Wildman–Crippen MR) is 135 cm³/mol. The van der Waals surface area contributed by atoms with Crippen LogP contribution < -0.4 is 0 Å². The minimum absolute atomic E-state index is 0.0835. The van der Waals surface area contributed by atoms with E-state index in [4.69, 9.17) is 28.4 Å². The van der Waals surface area contributed by atoms with E-state index in [9.17, 15) is 76.3 Å². The number of aliphatic hydroxyl groups is 14. The summed E-state index contributed by atoms with van der Waals surface area (Å²) in [6.07, 6.45) is -34.1.